The number of carboxylic acid groups (broad SMARTS) is 1. The van der Waals surface area contributed by atoms with Crippen LogP contribution >= 0.6 is 0 Å². The number of rotatable bonds is 5. The van der Waals surface area contributed by atoms with Crippen molar-refractivity contribution in [3.63, 3.8) is 0 Å². The topological polar surface area (TPSA) is 66.4 Å². The summed E-state index contributed by atoms with van der Waals surface area (Å²) >= 11 is 0. The molecule has 0 aliphatic heterocycles. The number of carbonyl (C=O) groups excluding carboxylic acids is 1. The van der Waals surface area contributed by atoms with Crippen LogP contribution in [0.2, 0.25) is 0 Å². The molecule has 1 aliphatic rings. The summed E-state index contributed by atoms with van der Waals surface area (Å²) in [6.07, 6.45) is 5.24. The molecule has 0 spiro atoms. The second-order valence-corrected chi connectivity index (χ2v) is 5.24. The maximum Gasteiger partial charge on any atom is 0.329 e. The first-order chi connectivity index (χ1) is 8.00. The van der Waals surface area contributed by atoms with Gasteiger partial charge in [0.15, 0.2) is 0 Å². The van der Waals surface area contributed by atoms with Gasteiger partial charge in [-0.15, -0.1) is 0 Å². The minimum atomic E-state index is -1.01. The molecule has 0 saturated heterocycles. The summed E-state index contributed by atoms with van der Waals surface area (Å²) in [6.45, 7) is 4.07. The summed E-state index contributed by atoms with van der Waals surface area (Å²) in [6, 6.07) is 0. The number of aliphatic carboxylic acids is 1. The fraction of sp³-hybridized carbons (Fsp3) is 0.846. The third-order valence-corrected chi connectivity index (χ3v) is 3.54. The van der Waals surface area contributed by atoms with Gasteiger partial charge in [0.25, 0.3) is 0 Å². The molecule has 98 valence electrons. The highest BCUT2D eigenvalue weighted by Crippen LogP contribution is 2.32. The van der Waals surface area contributed by atoms with Crippen LogP contribution in [-0.2, 0) is 9.59 Å². The monoisotopic (exact) mass is 241 g/mol. The molecule has 0 heterocycles. The molecule has 2 unspecified atom stereocenters. The Morgan fingerprint density at radius 3 is 2.71 bits per heavy atom. The average molecular weight is 241 g/mol. The van der Waals surface area contributed by atoms with E-state index in [9.17, 15) is 14.7 Å². The number of hydrogen-bond donors (Lipinski definition) is 2. The standard InChI is InChI=1S/C13H23NO3/c1-3-4-7-11(15)14-13(12(16)17)8-5-6-10(2)9-13/h10H,3-9H2,1-2H3,(H,14,15)(H,16,17). The number of carboxylic acids is 1. The Labute approximate surface area is 103 Å². The first kappa shape index (κ1) is 14.0. The first-order valence-electron chi connectivity index (χ1n) is 6.54. The lowest BCUT2D eigenvalue weighted by Crippen LogP contribution is -2.56. The molecule has 2 N–H and O–H groups in total. The molecule has 4 nitrogen and oxygen atoms in total. The Morgan fingerprint density at radius 1 is 1.47 bits per heavy atom. The van der Waals surface area contributed by atoms with Gasteiger partial charge in [0.05, 0.1) is 0 Å². The number of nitrogens with one attached hydrogen (secondary N) is 1. The molecule has 1 aliphatic carbocycles. The van der Waals surface area contributed by atoms with Crippen LogP contribution in [0.1, 0.15) is 58.8 Å². The molecule has 0 aromatic carbocycles. The van der Waals surface area contributed by atoms with Crippen LogP contribution in [0, 0.1) is 5.92 Å². The van der Waals surface area contributed by atoms with Gasteiger partial charge in [-0.05, 0) is 25.2 Å². The zero-order valence-electron chi connectivity index (χ0n) is 10.8. The fourth-order valence-corrected chi connectivity index (χ4v) is 2.58. The van der Waals surface area contributed by atoms with E-state index in [-0.39, 0.29) is 5.91 Å². The zero-order valence-corrected chi connectivity index (χ0v) is 10.8. The number of amides is 1. The maximum absolute atomic E-state index is 11.7. The average Bonchev–Trinajstić information content (AvgIpc) is 2.26. The summed E-state index contributed by atoms with van der Waals surface area (Å²) in [4.78, 5) is 23.1. The fourth-order valence-electron chi connectivity index (χ4n) is 2.58. The van der Waals surface area contributed by atoms with Crippen LogP contribution in [0.5, 0.6) is 0 Å². The van der Waals surface area contributed by atoms with Crippen molar-refractivity contribution in [3.8, 4) is 0 Å². The van der Waals surface area contributed by atoms with Gasteiger partial charge in [-0.1, -0.05) is 33.1 Å². The molecular formula is C13H23NO3. The van der Waals surface area contributed by atoms with E-state index in [2.05, 4.69) is 12.2 Å². The molecule has 1 saturated carbocycles. The van der Waals surface area contributed by atoms with Gasteiger partial charge in [0, 0.05) is 6.42 Å². The highest BCUT2D eigenvalue weighted by atomic mass is 16.4. The van der Waals surface area contributed by atoms with Crippen LogP contribution in [0.25, 0.3) is 0 Å². The van der Waals surface area contributed by atoms with Crippen molar-refractivity contribution in [1.29, 1.82) is 0 Å². The Balaban J connectivity index is 2.65. The van der Waals surface area contributed by atoms with E-state index < -0.39 is 11.5 Å². The lowest BCUT2D eigenvalue weighted by atomic mass is 9.76. The Morgan fingerprint density at radius 2 is 2.18 bits per heavy atom. The van der Waals surface area contributed by atoms with E-state index in [1.165, 1.54) is 0 Å². The van der Waals surface area contributed by atoms with E-state index in [4.69, 9.17) is 0 Å². The van der Waals surface area contributed by atoms with Gasteiger partial charge >= 0.3 is 5.97 Å². The second kappa shape index (κ2) is 6.03. The lowest BCUT2D eigenvalue weighted by molar-refractivity contribution is -0.150. The Kier molecular flexibility index (Phi) is 4.97. The predicted molar refractivity (Wildman–Crippen MR) is 65.7 cm³/mol. The van der Waals surface area contributed by atoms with Gasteiger partial charge in [-0.2, -0.15) is 0 Å². The van der Waals surface area contributed by atoms with Crippen LogP contribution in [0.4, 0.5) is 0 Å². The van der Waals surface area contributed by atoms with E-state index in [1.54, 1.807) is 0 Å². The maximum atomic E-state index is 11.7. The van der Waals surface area contributed by atoms with Crippen molar-refractivity contribution in [2.24, 2.45) is 5.92 Å². The molecule has 1 fully saturated rings. The second-order valence-electron chi connectivity index (χ2n) is 5.24. The summed E-state index contributed by atoms with van der Waals surface area (Å²) in [5, 5.41) is 12.1. The molecule has 4 heteroatoms. The van der Waals surface area contributed by atoms with Crippen molar-refractivity contribution in [1.82, 2.24) is 5.32 Å². The number of hydrogen-bond acceptors (Lipinski definition) is 2. The SMILES string of the molecule is CCCCC(=O)NC1(C(=O)O)CCCC(C)C1. The van der Waals surface area contributed by atoms with Gasteiger partial charge in [-0.3, -0.25) is 4.79 Å². The molecule has 1 amide bonds. The van der Waals surface area contributed by atoms with Gasteiger partial charge < -0.3 is 10.4 Å². The molecule has 2 atom stereocenters. The molecule has 0 aromatic heterocycles. The van der Waals surface area contributed by atoms with Gasteiger partial charge in [0.1, 0.15) is 5.54 Å². The minimum absolute atomic E-state index is 0.122. The molecule has 0 bridgehead atoms. The number of carbonyl (C=O) groups is 2. The third-order valence-electron chi connectivity index (χ3n) is 3.54. The van der Waals surface area contributed by atoms with Crippen molar-refractivity contribution in [2.75, 3.05) is 0 Å². The van der Waals surface area contributed by atoms with Crippen LogP contribution in [0.3, 0.4) is 0 Å². The van der Waals surface area contributed by atoms with Crippen molar-refractivity contribution in [3.05, 3.63) is 0 Å². The van der Waals surface area contributed by atoms with Crippen molar-refractivity contribution < 1.29 is 14.7 Å². The third kappa shape index (κ3) is 3.72. The van der Waals surface area contributed by atoms with E-state index in [0.29, 0.717) is 25.2 Å². The summed E-state index contributed by atoms with van der Waals surface area (Å²) in [5.74, 6) is -0.636. The largest absolute Gasteiger partial charge is 0.480 e. The van der Waals surface area contributed by atoms with E-state index in [1.807, 2.05) is 6.92 Å². The molecule has 0 radical (unpaired) electrons. The zero-order chi connectivity index (χ0) is 12.9. The summed E-state index contributed by atoms with van der Waals surface area (Å²) < 4.78 is 0. The predicted octanol–water partition coefficient (Wildman–Crippen LogP) is 2.33. The van der Waals surface area contributed by atoms with Gasteiger partial charge in [0.2, 0.25) is 5.91 Å². The quantitative estimate of drug-likeness (QED) is 0.776. The van der Waals surface area contributed by atoms with Crippen molar-refractivity contribution in [2.45, 2.75) is 64.3 Å². The van der Waals surface area contributed by atoms with E-state index in [0.717, 1.165) is 25.7 Å². The van der Waals surface area contributed by atoms with Crippen LogP contribution in [0.15, 0.2) is 0 Å². The molecular weight excluding hydrogens is 218 g/mol. The van der Waals surface area contributed by atoms with Crippen LogP contribution < -0.4 is 5.32 Å². The molecule has 1 rings (SSSR count). The van der Waals surface area contributed by atoms with E-state index >= 15 is 0 Å². The highest BCUT2D eigenvalue weighted by molar-refractivity contribution is 5.87. The van der Waals surface area contributed by atoms with Crippen molar-refractivity contribution >= 4 is 11.9 Å². The normalized spacial score (nSPS) is 28.7. The van der Waals surface area contributed by atoms with Crippen LogP contribution in [-0.4, -0.2) is 22.5 Å². The Bertz CT molecular complexity index is 290. The Hall–Kier alpha value is -1.06. The summed E-state index contributed by atoms with van der Waals surface area (Å²) in [5.41, 5.74) is -1.01. The number of unbranched alkanes of at least 4 members (excludes halogenated alkanes) is 1. The highest BCUT2D eigenvalue weighted by Gasteiger charge is 2.42. The molecule has 17 heavy (non-hydrogen) atoms. The van der Waals surface area contributed by atoms with Gasteiger partial charge in [-0.25, -0.2) is 4.79 Å². The summed E-state index contributed by atoms with van der Waals surface area (Å²) in [7, 11) is 0. The lowest BCUT2D eigenvalue weighted by Gasteiger charge is -2.37. The first-order valence-corrected chi connectivity index (χ1v) is 6.54. The molecule has 0 aromatic rings. The minimum Gasteiger partial charge on any atom is -0.480 e. The smallest absolute Gasteiger partial charge is 0.329 e.